The fraction of sp³-hybridized carbons (Fsp3) is 0.368. The average Bonchev–Trinajstić information content (AvgIpc) is 3.10. The number of urea groups is 1. The predicted molar refractivity (Wildman–Crippen MR) is 96.0 cm³/mol. The molecular weight excluding hydrogens is 316 g/mol. The van der Waals surface area contributed by atoms with Crippen LogP contribution in [0.15, 0.2) is 48.8 Å². The molecule has 25 heavy (non-hydrogen) atoms. The fourth-order valence-electron chi connectivity index (χ4n) is 3.40. The molecule has 0 saturated carbocycles. The maximum atomic E-state index is 12.4. The molecule has 1 aromatic carbocycles. The summed E-state index contributed by atoms with van der Waals surface area (Å²) in [5, 5.41) is 3.02. The highest BCUT2D eigenvalue weighted by atomic mass is 16.5. The van der Waals surface area contributed by atoms with E-state index in [9.17, 15) is 4.79 Å². The van der Waals surface area contributed by atoms with E-state index in [4.69, 9.17) is 4.74 Å². The van der Waals surface area contributed by atoms with Crippen LogP contribution in [0.25, 0.3) is 0 Å². The van der Waals surface area contributed by atoms with Crippen LogP contribution in [0.4, 0.5) is 10.5 Å². The van der Waals surface area contributed by atoms with Crippen molar-refractivity contribution in [2.45, 2.75) is 12.5 Å². The molecule has 0 unspecified atom stereocenters. The molecule has 0 spiro atoms. The minimum atomic E-state index is -0.00562. The van der Waals surface area contributed by atoms with Crippen LogP contribution in [0.5, 0.6) is 5.75 Å². The lowest BCUT2D eigenvalue weighted by molar-refractivity contribution is 0.182. The Labute approximate surface area is 147 Å². The van der Waals surface area contributed by atoms with Crippen molar-refractivity contribution in [3.63, 3.8) is 0 Å². The Morgan fingerprint density at radius 1 is 1.12 bits per heavy atom. The number of piperazine rings is 1. The number of rotatable bonds is 3. The molecule has 6 heteroatoms. The summed E-state index contributed by atoms with van der Waals surface area (Å²) in [5.74, 6) is 0.938. The van der Waals surface area contributed by atoms with E-state index >= 15 is 0 Å². The molecule has 1 saturated heterocycles. The Bertz CT molecular complexity index is 704. The minimum Gasteiger partial charge on any atom is -0.488 e. The first-order valence-electron chi connectivity index (χ1n) is 8.72. The van der Waals surface area contributed by atoms with Crippen molar-refractivity contribution >= 4 is 11.7 Å². The third kappa shape index (κ3) is 3.52. The van der Waals surface area contributed by atoms with E-state index in [1.807, 2.05) is 35.2 Å². The van der Waals surface area contributed by atoms with Gasteiger partial charge in [0, 0.05) is 50.7 Å². The molecule has 1 fully saturated rings. The van der Waals surface area contributed by atoms with Gasteiger partial charge < -0.3 is 19.9 Å². The van der Waals surface area contributed by atoms with Gasteiger partial charge in [-0.15, -0.1) is 0 Å². The minimum absolute atomic E-state index is 0.00562. The second kappa shape index (κ2) is 7.01. The number of anilines is 1. The number of para-hydroxylation sites is 1. The molecule has 1 atom stereocenters. The number of ether oxygens (including phenoxy) is 1. The van der Waals surface area contributed by atoms with Crippen molar-refractivity contribution in [2.75, 3.05) is 37.6 Å². The maximum absolute atomic E-state index is 12.4. The van der Waals surface area contributed by atoms with E-state index in [1.54, 1.807) is 12.4 Å². The van der Waals surface area contributed by atoms with E-state index in [1.165, 1.54) is 5.56 Å². The smallest absolute Gasteiger partial charge is 0.317 e. The third-order valence-corrected chi connectivity index (χ3v) is 4.79. The molecule has 130 valence electrons. The summed E-state index contributed by atoms with van der Waals surface area (Å²) < 4.78 is 5.87. The van der Waals surface area contributed by atoms with Gasteiger partial charge in [0.15, 0.2) is 0 Å². The quantitative estimate of drug-likeness (QED) is 0.929. The van der Waals surface area contributed by atoms with Gasteiger partial charge in [0.2, 0.25) is 0 Å². The van der Waals surface area contributed by atoms with Gasteiger partial charge in [-0.05, 0) is 23.8 Å². The molecule has 4 rings (SSSR count). The monoisotopic (exact) mass is 338 g/mol. The number of nitrogens with zero attached hydrogens (tertiary/aromatic N) is 3. The Morgan fingerprint density at radius 3 is 2.64 bits per heavy atom. The molecule has 0 bridgehead atoms. The number of aromatic nitrogens is 1. The molecule has 3 heterocycles. The molecule has 2 aliphatic rings. The molecule has 0 radical (unpaired) electrons. The highest BCUT2D eigenvalue weighted by Crippen LogP contribution is 2.27. The van der Waals surface area contributed by atoms with Crippen molar-refractivity contribution in [1.82, 2.24) is 15.2 Å². The van der Waals surface area contributed by atoms with E-state index in [-0.39, 0.29) is 12.1 Å². The first-order chi connectivity index (χ1) is 12.3. The Morgan fingerprint density at radius 2 is 1.88 bits per heavy atom. The zero-order valence-corrected chi connectivity index (χ0v) is 14.1. The molecule has 2 aliphatic heterocycles. The number of hydrogen-bond acceptors (Lipinski definition) is 4. The summed E-state index contributed by atoms with van der Waals surface area (Å²) in [6.45, 7) is 3.66. The summed E-state index contributed by atoms with van der Waals surface area (Å²) >= 11 is 0. The third-order valence-electron chi connectivity index (χ3n) is 4.79. The number of nitrogens with one attached hydrogen (secondary N) is 1. The van der Waals surface area contributed by atoms with Crippen LogP contribution in [-0.2, 0) is 6.42 Å². The number of fused-ring (bicyclic) bond motifs is 1. The van der Waals surface area contributed by atoms with Gasteiger partial charge in [-0.2, -0.15) is 0 Å². The largest absolute Gasteiger partial charge is 0.488 e. The molecule has 6 nitrogen and oxygen atoms in total. The van der Waals surface area contributed by atoms with Crippen LogP contribution in [0.1, 0.15) is 5.56 Å². The van der Waals surface area contributed by atoms with E-state index in [2.05, 4.69) is 21.3 Å². The second-order valence-electron chi connectivity index (χ2n) is 6.42. The first kappa shape index (κ1) is 15.7. The van der Waals surface area contributed by atoms with Crippen LogP contribution in [0.3, 0.4) is 0 Å². The summed E-state index contributed by atoms with van der Waals surface area (Å²) in [6.07, 6.45) is 4.48. The van der Waals surface area contributed by atoms with Crippen LogP contribution < -0.4 is 15.0 Å². The number of carbonyl (C=O) groups excluding carboxylic acids is 1. The fourth-order valence-corrected chi connectivity index (χ4v) is 3.40. The van der Waals surface area contributed by atoms with Crippen molar-refractivity contribution in [3.05, 3.63) is 54.4 Å². The molecule has 1 N–H and O–H groups in total. The highest BCUT2D eigenvalue weighted by Gasteiger charge is 2.25. The number of hydrogen-bond donors (Lipinski definition) is 1. The lowest BCUT2D eigenvalue weighted by Gasteiger charge is -2.36. The molecule has 2 amide bonds. The molecular formula is C19H22N4O2. The van der Waals surface area contributed by atoms with Crippen LogP contribution in [0, 0.1) is 0 Å². The molecule has 0 aliphatic carbocycles. The Balaban J connectivity index is 1.24. The van der Waals surface area contributed by atoms with Gasteiger partial charge in [-0.3, -0.25) is 4.98 Å². The summed E-state index contributed by atoms with van der Waals surface area (Å²) in [6, 6.07) is 12.1. The number of benzene rings is 1. The maximum Gasteiger partial charge on any atom is 0.317 e. The van der Waals surface area contributed by atoms with Crippen molar-refractivity contribution < 1.29 is 9.53 Å². The van der Waals surface area contributed by atoms with Crippen LogP contribution in [0.2, 0.25) is 0 Å². The van der Waals surface area contributed by atoms with Crippen LogP contribution in [-0.4, -0.2) is 54.7 Å². The lowest BCUT2D eigenvalue weighted by atomic mass is 10.1. The number of pyridine rings is 1. The normalized spacial score (nSPS) is 19.3. The highest BCUT2D eigenvalue weighted by molar-refractivity contribution is 5.74. The Kier molecular flexibility index (Phi) is 4.41. The first-order valence-corrected chi connectivity index (χ1v) is 8.72. The number of carbonyl (C=O) groups is 1. The second-order valence-corrected chi connectivity index (χ2v) is 6.42. The topological polar surface area (TPSA) is 57.7 Å². The Hall–Kier alpha value is -2.76. The van der Waals surface area contributed by atoms with E-state index in [0.29, 0.717) is 6.54 Å². The lowest BCUT2D eigenvalue weighted by Crippen LogP contribution is -2.53. The average molecular weight is 338 g/mol. The summed E-state index contributed by atoms with van der Waals surface area (Å²) in [5.41, 5.74) is 2.37. The predicted octanol–water partition coefficient (Wildman–Crippen LogP) is 1.92. The van der Waals surface area contributed by atoms with Gasteiger partial charge in [0.25, 0.3) is 0 Å². The zero-order valence-electron chi connectivity index (χ0n) is 14.1. The standard InChI is InChI=1S/C19H22N4O2/c24-19(21-14-17-13-15-3-1-2-4-18(15)25-17)23-11-9-22(10-12-23)16-5-7-20-8-6-16/h1-8,17H,9-14H2,(H,21,24)/t17-/m1/s1. The van der Waals surface area contributed by atoms with Gasteiger partial charge >= 0.3 is 6.03 Å². The van der Waals surface area contributed by atoms with Gasteiger partial charge in [0.1, 0.15) is 11.9 Å². The van der Waals surface area contributed by atoms with E-state index in [0.717, 1.165) is 44.0 Å². The molecule has 2 aromatic rings. The molecule has 1 aromatic heterocycles. The van der Waals surface area contributed by atoms with Gasteiger partial charge in [-0.25, -0.2) is 4.79 Å². The van der Waals surface area contributed by atoms with Crippen LogP contribution >= 0.6 is 0 Å². The van der Waals surface area contributed by atoms with Gasteiger partial charge in [0.05, 0.1) is 6.54 Å². The summed E-state index contributed by atoms with van der Waals surface area (Å²) in [4.78, 5) is 20.6. The summed E-state index contributed by atoms with van der Waals surface area (Å²) in [7, 11) is 0. The van der Waals surface area contributed by atoms with Crippen molar-refractivity contribution in [3.8, 4) is 5.75 Å². The number of amides is 2. The van der Waals surface area contributed by atoms with Gasteiger partial charge in [-0.1, -0.05) is 18.2 Å². The van der Waals surface area contributed by atoms with Crippen molar-refractivity contribution in [1.29, 1.82) is 0 Å². The van der Waals surface area contributed by atoms with Crippen molar-refractivity contribution in [2.24, 2.45) is 0 Å². The van der Waals surface area contributed by atoms with E-state index < -0.39 is 0 Å². The SMILES string of the molecule is O=C(NC[C@H]1Cc2ccccc2O1)N1CCN(c2ccncc2)CC1. The zero-order chi connectivity index (χ0) is 17.1.